The van der Waals surface area contributed by atoms with E-state index in [0.29, 0.717) is 29.0 Å². The molecule has 0 radical (unpaired) electrons. The SMILES string of the molecule is Cc1nnc(-c2cc(C(C)C)n(-c3ccc(C(=O)N4CCC[C@H](C)C4)cc3)n2)o1. The minimum Gasteiger partial charge on any atom is -0.420 e. The summed E-state index contributed by atoms with van der Waals surface area (Å²) in [5.41, 5.74) is 3.31. The van der Waals surface area contributed by atoms with Gasteiger partial charge in [-0.25, -0.2) is 4.68 Å². The van der Waals surface area contributed by atoms with Gasteiger partial charge in [0.25, 0.3) is 11.8 Å². The van der Waals surface area contributed by atoms with E-state index in [1.165, 1.54) is 6.42 Å². The molecule has 152 valence electrons. The van der Waals surface area contributed by atoms with Crippen molar-refractivity contribution in [3.05, 3.63) is 47.5 Å². The number of hydrogen-bond donors (Lipinski definition) is 0. The van der Waals surface area contributed by atoms with Crippen LogP contribution in [0.1, 0.15) is 61.5 Å². The van der Waals surface area contributed by atoms with Crippen LogP contribution < -0.4 is 0 Å². The number of carbonyl (C=O) groups is 1. The quantitative estimate of drug-likeness (QED) is 0.663. The van der Waals surface area contributed by atoms with Crippen LogP contribution in [0.3, 0.4) is 0 Å². The molecular weight excluding hydrogens is 366 g/mol. The van der Waals surface area contributed by atoms with Gasteiger partial charge in [0, 0.05) is 31.3 Å². The summed E-state index contributed by atoms with van der Waals surface area (Å²) in [4.78, 5) is 14.8. The number of piperidine rings is 1. The molecule has 2 aromatic heterocycles. The molecule has 0 saturated carbocycles. The van der Waals surface area contributed by atoms with Gasteiger partial charge in [0.1, 0.15) is 5.69 Å². The maximum Gasteiger partial charge on any atom is 0.268 e. The monoisotopic (exact) mass is 393 g/mol. The molecule has 3 aromatic rings. The lowest BCUT2D eigenvalue weighted by Crippen LogP contribution is -2.39. The fourth-order valence-electron chi connectivity index (χ4n) is 3.82. The van der Waals surface area contributed by atoms with Crippen molar-refractivity contribution < 1.29 is 9.21 Å². The summed E-state index contributed by atoms with van der Waals surface area (Å²) in [5.74, 6) is 1.85. The fourth-order valence-corrected chi connectivity index (χ4v) is 3.82. The van der Waals surface area contributed by atoms with Crippen molar-refractivity contribution in [3.63, 3.8) is 0 Å². The molecule has 1 aromatic carbocycles. The summed E-state index contributed by atoms with van der Waals surface area (Å²) in [7, 11) is 0. The van der Waals surface area contributed by atoms with Crippen LogP contribution in [0.15, 0.2) is 34.7 Å². The molecule has 0 bridgehead atoms. The summed E-state index contributed by atoms with van der Waals surface area (Å²) in [6, 6.07) is 9.65. The summed E-state index contributed by atoms with van der Waals surface area (Å²) in [6.45, 7) is 9.88. The number of amides is 1. The minimum absolute atomic E-state index is 0.106. The van der Waals surface area contributed by atoms with Gasteiger partial charge in [-0.15, -0.1) is 10.2 Å². The molecular formula is C22H27N5O2. The third-order valence-corrected chi connectivity index (χ3v) is 5.38. The molecule has 1 aliphatic heterocycles. The smallest absolute Gasteiger partial charge is 0.268 e. The van der Waals surface area contributed by atoms with Gasteiger partial charge in [-0.05, 0) is 55.0 Å². The zero-order valence-corrected chi connectivity index (χ0v) is 17.4. The van der Waals surface area contributed by atoms with E-state index in [1.54, 1.807) is 6.92 Å². The molecule has 4 rings (SSSR count). The van der Waals surface area contributed by atoms with Crippen LogP contribution in [0.2, 0.25) is 0 Å². The summed E-state index contributed by atoms with van der Waals surface area (Å²) in [5, 5.41) is 12.7. The molecule has 0 unspecified atom stereocenters. The molecule has 0 aliphatic carbocycles. The van der Waals surface area contributed by atoms with Gasteiger partial charge in [0.15, 0.2) is 0 Å². The lowest BCUT2D eigenvalue weighted by atomic mass is 9.99. The van der Waals surface area contributed by atoms with Gasteiger partial charge < -0.3 is 9.32 Å². The summed E-state index contributed by atoms with van der Waals surface area (Å²) < 4.78 is 7.42. The van der Waals surface area contributed by atoms with Crippen LogP contribution in [-0.2, 0) is 0 Å². The van der Waals surface area contributed by atoms with Crippen LogP contribution in [0, 0.1) is 12.8 Å². The van der Waals surface area contributed by atoms with Crippen LogP contribution in [0.25, 0.3) is 17.3 Å². The Bertz CT molecular complexity index is 1000. The number of likely N-dealkylation sites (tertiary alicyclic amines) is 1. The Balaban J connectivity index is 1.61. The maximum absolute atomic E-state index is 12.8. The highest BCUT2D eigenvalue weighted by Crippen LogP contribution is 2.26. The lowest BCUT2D eigenvalue weighted by Gasteiger charge is -2.31. The van der Waals surface area contributed by atoms with E-state index in [0.717, 1.165) is 30.9 Å². The van der Waals surface area contributed by atoms with Crippen molar-refractivity contribution in [1.82, 2.24) is 24.9 Å². The standard InChI is InChI=1S/C22H27N5O2/c1-14(2)20-12-19(21-24-23-16(4)29-21)25-27(20)18-9-7-17(8-10-18)22(28)26-11-5-6-15(3)13-26/h7-10,12,14-15H,5-6,11,13H2,1-4H3/t15-/m0/s1. The second-order valence-electron chi connectivity index (χ2n) is 8.19. The predicted octanol–water partition coefficient (Wildman–Crippen LogP) is 4.23. The Morgan fingerprint density at radius 1 is 1.21 bits per heavy atom. The lowest BCUT2D eigenvalue weighted by molar-refractivity contribution is 0.0683. The first-order chi connectivity index (χ1) is 13.9. The van der Waals surface area contributed by atoms with Crippen molar-refractivity contribution in [3.8, 4) is 17.3 Å². The van der Waals surface area contributed by atoms with E-state index in [2.05, 4.69) is 36.1 Å². The Hall–Kier alpha value is -2.96. The molecule has 3 heterocycles. The van der Waals surface area contributed by atoms with Crippen molar-refractivity contribution >= 4 is 5.91 Å². The largest absolute Gasteiger partial charge is 0.420 e. The molecule has 1 fully saturated rings. The number of aromatic nitrogens is 4. The van der Waals surface area contributed by atoms with Gasteiger partial charge >= 0.3 is 0 Å². The molecule has 29 heavy (non-hydrogen) atoms. The highest BCUT2D eigenvalue weighted by atomic mass is 16.4. The zero-order valence-electron chi connectivity index (χ0n) is 17.4. The Morgan fingerprint density at radius 3 is 2.59 bits per heavy atom. The van der Waals surface area contributed by atoms with E-state index in [-0.39, 0.29) is 11.8 Å². The number of hydrogen-bond acceptors (Lipinski definition) is 5. The van der Waals surface area contributed by atoms with Gasteiger partial charge in [0.05, 0.1) is 5.69 Å². The number of carbonyl (C=O) groups excluding carboxylic acids is 1. The molecule has 7 nitrogen and oxygen atoms in total. The fraction of sp³-hybridized carbons (Fsp3) is 0.455. The van der Waals surface area contributed by atoms with E-state index in [4.69, 9.17) is 4.42 Å². The zero-order chi connectivity index (χ0) is 20.5. The second-order valence-corrected chi connectivity index (χ2v) is 8.19. The van der Waals surface area contributed by atoms with Crippen LogP contribution in [0.4, 0.5) is 0 Å². The molecule has 1 amide bonds. The van der Waals surface area contributed by atoms with Gasteiger partial charge in [-0.1, -0.05) is 20.8 Å². The Labute approximate surface area is 170 Å². The topological polar surface area (TPSA) is 77.1 Å². The van der Waals surface area contributed by atoms with Gasteiger partial charge in [-0.3, -0.25) is 4.79 Å². The van der Waals surface area contributed by atoms with E-state index in [1.807, 2.05) is 39.9 Å². The Morgan fingerprint density at radius 2 is 1.97 bits per heavy atom. The third-order valence-electron chi connectivity index (χ3n) is 5.38. The molecule has 0 spiro atoms. The summed E-state index contributed by atoms with van der Waals surface area (Å²) >= 11 is 0. The first-order valence-electron chi connectivity index (χ1n) is 10.2. The average molecular weight is 393 g/mol. The predicted molar refractivity (Wildman–Crippen MR) is 110 cm³/mol. The second kappa shape index (κ2) is 7.81. The summed E-state index contributed by atoms with van der Waals surface area (Å²) in [6.07, 6.45) is 2.27. The Kier molecular flexibility index (Phi) is 5.22. The maximum atomic E-state index is 12.8. The first-order valence-corrected chi connectivity index (χ1v) is 10.2. The van der Waals surface area contributed by atoms with Crippen molar-refractivity contribution in [2.75, 3.05) is 13.1 Å². The first kappa shape index (κ1) is 19.4. The van der Waals surface area contributed by atoms with Crippen molar-refractivity contribution in [1.29, 1.82) is 0 Å². The van der Waals surface area contributed by atoms with E-state index >= 15 is 0 Å². The van der Waals surface area contributed by atoms with Crippen LogP contribution >= 0.6 is 0 Å². The van der Waals surface area contributed by atoms with Crippen molar-refractivity contribution in [2.45, 2.75) is 46.5 Å². The molecule has 1 saturated heterocycles. The molecule has 7 heteroatoms. The average Bonchev–Trinajstić information content (AvgIpc) is 3.34. The number of rotatable bonds is 4. The minimum atomic E-state index is 0.106. The number of nitrogens with zero attached hydrogens (tertiary/aromatic N) is 5. The molecule has 0 N–H and O–H groups in total. The highest BCUT2D eigenvalue weighted by Gasteiger charge is 2.22. The number of benzene rings is 1. The van der Waals surface area contributed by atoms with Gasteiger partial charge in [-0.2, -0.15) is 5.10 Å². The molecule has 1 atom stereocenters. The number of aryl methyl sites for hydroxylation is 1. The van der Waals surface area contributed by atoms with Gasteiger partial charge in [0.2, 0.25) is 5.89 Å². The van der Waals surface area contributed by atoms with E-state index < -0.39 is 0 Å². The molecule has 1 aliphatic rings. The van der Waals surface area contributed by atoms with Crippen LogP contribution in [0.5, 0.6) is 0 Å². The highest BCUT2D eigenvalue weighted by molar-refractivity contribution is 5.94. The van der Waals surface area contributed by atoms with Crippen molar-refractivity contribution in [2.24, 2.45) is 5.92 Å². The van der Waals surface area contributed by atoms with E-state index in [9.17, 15) is 4.79 Å². The third kappa shape index (κ3) is 3.95. The normalized spacial score (nSPS) is 17.1. The van der Waals surface area contributed by atoms with Crippen LogP contribution in [-0.4, -0.2) is 43.9 Å².